The molecular formula is C17H22O. The van der Waals surface area contributed by atoms with E-state index in [1.165, 1.54) is 22.3 Å². The van der Waals surface area contributed by atoms with Gasteiger partial charge in [-0.3, -0.25) is 0 Å². The molecular weight excluding hydrogens is 220 g/mol. The Morgan fingerprint density at radius 2 is 1.22 bits per heavy atom. The van der Waals surface area contributed by atoms with Crippen LogP contribution < -0.4 is 0 Å². The number of benzene rings is 2. The van der Waals surface area contributed by atoms with Gasteiger partial charge in [-0.1, -0.05) is 59.7 Å². The van der Waals surface area contributed by atoms with Crippen LogP contribution in [0, 0.1) is 27.7 Å². The summed E-state index contributed by atoms with van der Waals surface area (Å²) in [6, 6.07) is 16.8. The van der Waals surface area contributed by atoms with Gasteiger partial charge in [-0.2, -0.15) is 0 Å². The molecule has 2 aromatic carbocycles. The van der Waals surface area contributed by atoms with E-state index in [2.05, 4.69) is 58.0 Å². The second kappa shape index (κ2) is 9.17. The van der Waals surface area contributed by atoms with Crippen LogP contribution in [-0.4, -0.2) is 6.79 Å². The first-order valence-corrected chi connectivity index (χ1v) is 5.94. The van der Waals surface area contributed by atoms with Gasteiger partial charge in [0.2, 0.25) is 0 Å². The molecule has 96 valence electrons. The van der Waals surface area contributed by atoms with Crippen molar-refractivity contribution in [2.45, 2.75) is 27.7 Å². The molecule has 0 saturated heterocycles. The fourth-order valence-corrected chi connectivity index (χ4v) is 1.43. The van der Waals surface area contributed by atoms with Crippen molar-refractivity contribution < 1.29 is 4.79 Å². The first-order valence-electron chi connectivity index (χ1n) is 5.94. The highest BCUT2D eigenvalue weighted by Gasteiger charge is 1.89. The standard InChI is InChI=1S/C9H12.C7H8.CH2O/c1-7-4-5-8(2)9(3)6-7;1-7-5-3-2-4-6-7;1-2/h4-6H,1-3H3;2-6H,1H3;1H2. The highest BCUT2D eigenvalue weighted by atomic mass is 16.1. The molecule has 2 rings (SSSR count). The predicted octanol–water partition coefficient (Wildman–Crippen LogP) is 4.42. The molecule has 0 bridgehead atoms. The van der Waals surface area contributed by atoms with Crippen LogP contribution in [0.15, 0.2) is 48.5 Å². The summed E-state index contributed by atoms with van der Waals surface area (Å²) in [5.41, 5.74) is 5.43. The highest BCUT2D eigenvalue weighted by molar-refractivity contribution is 5.28. The van der Waals surface area contributed by atoms with Crippen molar-refractivity contribution in [3.63, 3.8) is 0 Å². The Morgan fingerprint density at radius 3 is 1.56 bits per heavy atom. The lowest BCUT2D eigenvalue weighted by Crippen LogP contribution is -1.79. The minimum atomic E-state index is 1.32. The smallest absolute Gasteiger partial charge is 0.106 e. The number of rotatable bonds is 0. The topological polar surface area (TPSA) is 17.1 Å². The highest BCUT2D eigenvalue weighted by Crippen LogP contribution is 2.07. The molecule has 0 aliphatic carbocycles. The Balaban J connectivity index is 0.000000289. The summed E-state index contributed by atoms with van der Waals surface area (Å²) in [5, 5.41) is 0. The van der Waals surface area contributed by atoms with E-state index in [1.807, 2.05) is 25.0 Å². The van der Waals surface area contributed by atoms with E-state index >= 15 is 0 Å². The molecule has 1 heteroatoms. The van der Waals surface area contributed by atoms with E-state index in [0.29, 0.717) is 0 Å². The molecule has 0 spiro atoms. The number of carbonyl (C=O) groups excluding carboxylic acids is 1. The largest absolute Gasteiger partial charge is 0.307 e. The van der Waals surface area contributed by atoms with Gasteiger partial charge >= 0.3 is 0 Å². The molecule has 0 saturated carbocycles. The number of carbonyl (C=O) groups is 1. The maximum absolute atomic E-state index is 8.00. The second-order valence-electron chi connectivity index (χ2n) is 4.24. The van der Waals surface area contributed by atoms with Crippen molar-refractivity contribution in [1.82, 2.24) is 0 Å². The van der Waals surface area contributed by atoms with Gasteiger partial charge in [0.1, 0.15) is 6.79 Å². The van der Waals surface area contributed by atoms with Gasteiger partial charge in [0.15, 0.2) is 0 Å². The molecule has 0 fully saturated rings. The third-order valence-electron chi connectivity index (χ3n) is 2.60. The predicted molar refractivity (Wildman–Crippen MR) is 79.0 cm³/mol. The van der Waals surface area contributed by atoms with Crippen LogP contribution in [0.2, 0.25) is 0 Å². The Bertz CT molecular complexity index is 446. The summed E-state index contributed by atoms with van der Waals surface area (Å²) in [5.74, 6) is 0. The second-order valence-corrected chi connectivity index (χ2v) is 4.24. The van der Waals surface area contributed by atoms with Gasteiger partial charge in [-0.05, 0) is 38.8 Å². The third kappa shape index (κ3) is 6.64. The van der Waals surface area contributed by atoms with Crippen molar-refractivity contribution in [3.8, 4) is 0 Å². The molecule has 18 heavy (non-hydrogen) atoms. The van der Waals surface area contributed by atoms with Crippen LogP contribution in [0.4, 0.5) is 0 Å². The SMILES string of the molecule is C=O.Cc1ccc(C)c(C)c1.Cc1ccccc1. The molecule has 1 nitrogen and oxygen atoms in total. The molecule has 0 amide bonds. The molecule has 0 atom stereocenters. The summed E-state index contributed by atoms with van der Waals surface area (Å²) >= 11 is 0. The quantitative estimate of drug-likeness (QED) is 0.668. The zero-order chi connectivity index (χ0) is 14.0. The Morgan fingerprint density at radius 1 is 0.667 bits per heavy atom. The van der Waals surface area contributed by atoms with Gasteiger partial charge in [0, 0.05) is 0 Å². The zero-order valence-electron chi connectivity index (χ0n) is 11.7. The lowest BCUT2D eigenvalue weighted by Gasteiger charge is -1.98. The minimum Gasteiger partial charge on any atom is -0.307 e. The van der Waals surface area contributed by atoms with Gasteiger partial charge in [0.25, 0.3) is 0 Å². The number of aryl methyl sites for hydroxylation is 4. The maximum atomic E-state index is 8.00. The molecule has 0 aliphatic heterocycles. The normalized spacial score (nSPS) is 8.44. The minimum absolute atomic E-state index is 1.32. The van der Waals surface area contributed by atoms with Gasteiger partial charge in [0.05, 0.1) is 0 Å². The molecule has 0 radical (unpaired) electrons. The summed E-state index contributed by atoms with van der Waals surface area (Å²) in [6.07, 6.45) is 0. The van der Waals surface area contributed by atoms with Crippen LogP contribution in [0.3, 0.4) is 0 Å². The average molecular weight is 242 g/mol. The lowest BCUT2D eigenvalue weighted by atomic mass is 10.1. The van der Waals surface area contributed by atoms with E-state index in [1.54, 1.807) is 0 Å². The van der Waals surface area contributed by atoms with Crippen molar-refractivity contribution >= 4 is 6.79 Å². The molecule has 0 heterocycles. The maximum Gasteiger partial charge on any atom is 0.106 e. The van der Waals surface area contributed by atoms with E-state index in [4.69, 9.17) is 4.79 Å². The number of hydrogen-bond acceptors (Lipinski definition) is 1. The van der Waals surface area contributed by atoms with Crippen molar-refractivity contribution in [2.75, 3.05) is 0 Å². The van der Waals surface area contributed by atoms with E-state index in [0.717, 1.165) is 0 Å². The monoisotopic (exact) mass is 242 g/mol. The summed E-state index contributed by atoms with van der Waals surface area (Å²) < 4.78 is 0. The summed E-state index contributed by atoms with van der Waals surface area (Å²) in [6.45, 7) is 10.5. The van der Waals surface area contributed by atoms with Gasteiger partial charge in [-0.15, -0.1) is 0 Å². The molecule has 2 aromatic rings. The average Bonchev–Trinajstić information content (AvgIpc) is 2.38. The molecule has 0 aromatic heterocycles. The van der Waals surface area contributed by atoms with Crippen LogP contribution in [-0.2, 0) is 4.79 Å². The van der Waals surface area contributed by atoms with Crippen LogP contribution >= 0.6 is 0 Å². The molecule has 0 unspecified atom stereocenters. The fraction of sp³-hybridized carbons (Fsp3) is 0.235. The Hall–Kier alpha value is -1.89. The molecule has 0 aliphatic rings. The molecule has 0 N–H and O–H groups in total. The summed E-state index contributed by atoms with van der Waals surface area (Å²) in [4.78, 5) is 8.00. The van der Waals surface area contributed by atoms with Crippen LogP contribution in [0.5, 0.6) is 0 Å². The fourth-order valence-electron chi connectivity index (χ4n) is 1.43. The number of hydrogen-bond donors (Lipinski definition) is 0. The van der Waals surface area contributed by atoms with Crippen molar-refractivity contribution in [3.05, 3.63) is 70.8 Å². The zero-order valence-corrected chi connectivity index (χ0v) is 11.7. The lowest BCUT2D eigenvalue weighted by molar-refractivity contribution is -0.0979. The summed E-state index contributed by atoms with van der Waals surface area (Å²) in [7, 11) is 0. The van der Waals surface area contributed by atoms with E-state index in [-0.39, 0.29) is 0 Å². The Kier molecular flexibility index (Phi) is 8.21. The third-order valence-corrected chi connectivity index (χ3v) is 2.60. The van der Waals surface area contributed by atoms with Gasteiger partial charge < -0.3 is 4.79 Å². The van der Waals surface area contributed by atoms with Gasteiger partial charge in [-0.25, -0.2) is 0 Å². The van der Waals surface area contributed by atoms with Crippen LogP contribution in [0.25, 0.3) is 0 Å². The van der Waals surface area contributed by atoms with E-state index in [9.17, 15) is 0 Å². The first-order chi connectivity index (χ1) is 8.59. The van der Waals surface area contributed by atoms with E-state index < -0.39 is 0 Å². The first kappa shape index (κ1) is 16.1. The Labute approximate surface area is 110 Å². The van der Waals surface area contributed by atoms with Crippen molar-refractivity contribution in [2.24, 2.45) is 0 Å². The van der Waals surface area contributed by atoms with Crippen molar-refractivity contribution in [1.29, 1.82) is 0 Å². The van der Waals surface area contributed by atoms with Crippen LogP contribution in [0.1, 0.15) is 22.3 Å².